The summed E-state index contributed by atoms with van der Waals surface area (Å²) in [6, 6.07) is 8.03. The molecule has 0 fully saturated rings. The minimum atomic E-state index is -0.437. The first-order valence-electron chi connectivity index (χ1n) is 6.98. The number of aromatic amines is 1. The van der Waals surface area contributed by atoms with Crippen molar-refractivity contribution in [2.45, 2.75) is 13.3 Å². The van der Waals surface area contributed by atoms with E-state index in [9.17, 15) is 4.79 Å². The van der Waals surface area contributed by atoms with E-state index in [-0.39, 0.29) is 6.61 Å². The zero-order chi connectivity index (χ0) is 15.8. The van der Waals surface area contributed by atoms with Gasteiger partial charge in [0.2, 0.25) is 0 Å². The van der Waals surface area contributed by atoms with Crippen LogP contribution >= 0.6 is 0 Å². The molecular formula is C17H19N3O2. The highest BCUT2D eigenvalue weighted by Gasteiger charge is 2.02. The molecule has 1 aromatic heterocycles. The summed E-state index contributed by atoms with van der Waals surface area (Å²) in [4.78, 5) is 18.6. The predicted molar refractivity (Wildman–Crippen MR) is 85.8 cm³/mol. The van der Waals surface area contributed by atoms with Gasteiger partial charge in [0.05, 0.1) is 0 Å². The molecule has 1 aromatic carbocycles. The number of rotatable bonds is 6. The first-order valence-corrected chi connectivity index (χ1v) is 6.98. The molecule has 1 heterocycles. The molecule has 22 heavy (non-hydrogen) atoms. The summed E-state index contributed by atoms with van der Waals surface area (Å²) in [5, 5.41) is 0. The van der Waals surface area contributed by atoms with Crippen LogP contribution in [0.25, 0.3) is 6.08 Å². The second kappa shape index (κ2) is 7.83. The standard InChI is InChI=1S/C17H19N3O2/c1-13(18)11-17(21)22-10-4-7-14-5-2-3-6-15(14)12-16-19-8-9-20-16/h2-9,11H,10,12,18H2,1H3,(H,19,20)/b7-4+,13-11-. The van der Waals surface area contributed by atoms with Crippen LogP contribution in [0.5, 0.6) is 0 Å². The maximum Gasteiger partial charge on any atom is 0.332 e. The Kier molecular flexibility index (Phi) is 5.54. The number of imidazole rings is 1. The number of hydrogen-bond acceptors (Lipinski definition) is 4. The Morgan fingerprint density at radius 2 is 2.23 bits per heavy atom. The molecule has 2 rings (SSSR count). The minimum Gasteiger partial charge on any atom is -0.458 e. The van der Waals surface area contributed by atoms with Crippen LogP contribution in [-0.2, 0) is 16.0 Å². The monoisotopic (exact) mass is 297 g/mol. The van der Waals surface area contributed by atoms with Gasteiger partial charge in [-0.15, -0.1) is 0 Å². The van der Waals surface area contributed by atoms with Gasteiger partial charge in [-0.25, -0.2) is 9.78 Å². The first-order chi connectivity index (χ1) is 10.6. The molecule has 0 aliphatic heterocycles. The Balaban J connectivity index is 1.96. The highest BCUT2D eigenvalue weighted by atomic mass is 16.5. The Morgan fingerprint density at radius 3 is 2.95 bits per heavy atom. The van der Waals surface area contributed by atoms with E-state index in [1.165, 1.54) is 6.08 Å². The van der Waals surface area contributed by atoms with Crippen molar-refractivity contribution in [3.05, 3.63) is 71.5 Å². The number of H-pyrrole nitrogens is 1. The lowest BCUT2D eigenvalue weighted by Gasteiger charge is -2.04. The number of nitrogens with two attached hydrogens (primary N) is 1. The number of carbonyl (C=O) groups excluding carboxylic acids is 1. The van der Waals surface area contributed by atoms with Gasteiger partial charge in [-0.1, -0.05) is 30.3 Å². The molecule has 0 spiro atoms. The first kappa shape index (κ1) is 15.6. The number of ether oxygens (including phenoxy) is 1. The molecule has 0 atom stereocenters. The lowest BCUT2D eigenvalue weighted by atomic mass is 10.0. The maximum absolute atomic E-state index is 11.3. The van der Waals surface area contributed by atoms with E-state index in [2.05, 4.69) is 16.0 Å². The Morgan fingerprint density at radius 1 is 1.41 bits per heavy atom. The molecule has 0 amide bonds. The fourth-order valence-corrected chi connectivity index (χ4v) is 1.97. The topological polar surface area (TPSA) is 81.0 Å². The number of nitrogens with one attached hydrogen (secondary N) is 1. The fourth-order valence-electron chi connectivity index (χ4n) is 1.97. The molecule has 114 valence electrons. The van der Waals surface area contributed by atoms with Crippen LogP contribution in [0, 0.1) is 0 Å². The van der Waals surface area contributed by atoms with E-state index < -0.39 is 5.97 Å². The molecule has 0 unspecified atom stereocenters. The normalized spacial score (nSPS) is 11.8. The highest BCUT2D eigenvalue weighted by molar-refractivity contribution is 5.82. The van der Waals surface area contributed by atoms with Crippen LogP contribution < -0.4 is 5.73 Å². The summed E-state index contributed by atoms with van der Waals surface area (Å²) in [5.41, 5.74) is 8.06. The summed E-state index contributed by atoms with van der Waals surface area (Å²) in [6.07, 6.45) is 9.27. The summed E-state index contributed by atoms with van der Waals surface area (Å²) in [6.45, 7) is 1.85. The Bertz CT molecular complexity index is 669. The van der Waals surface area contributed by atoms with E-state index in [0.29, 0.717) is 5.70 Å². The van der Waals surface area contributed by atoms with Gasteiger partial charge in [-0.2, -0.15) is 0 Å². The summed E-state index contributed by atoms with van der Waals surface area (Å²) in [5.74, 6) is 0.476. The van der Waals surface area contributed by atoms with Gasteiger partial charge in [-0.3, -0.25) is 0 Å². The molecule has 0 saturated carbocycles. The second-order valence-corrected chi connectivity index (χ2v) is 4.83. The molecule has 5 nitrogen and oxygen atoms in total. The van der Waals surface area contributed by atoms with Gasteiger partial charge in [0, 0.05) is 30.6 Å². The number of carbonyl (C=O) groups is 1. The van der Waals surface area contributed by atoms with E-state index in [1.54, 1.807) is 25.4 Å². The fraction of sp³-hybridized carbons (Fsp3) is 0.176. The Hall–Kier alpha value is -2.82. The highest BCUT2D eigenvalue weighted by Crippen LogP contribution is 2.14. The molecule has 0 saturated heterocycles. The van der Waals surface area contributed by atoms with Crippen molar-refractivity contribution in [3.8, 4) is 0 Å². The smallest absolute Gasteiger partial charge is 0.332 e. The van der Waals surface area contributed by atoms with Crippen molar-refractivity contribution in [1.82, 2.24) is 9.97 Å². The predicted octanol–water partition coefficient (Wildman–Crippen LogP) is 2.42. The van der Waals surface area contributed by atoms with Crippen LogP contribution in [0.1, 0.15) is 23.9 Å². The molecule has 0 radical (unpaired) electrons. The lowest BCUT2D eigenvalue weighted by molar-refractivity contribution is -0.136. The van der Waals surface area contributed by atoms with Crippen molar-refractivity contribution >= 4 is 12.0 Å². The largest absolute Gasteiger partial charge is 0.458 e. The maximum atomic E-state index is 11.3. The van der Waals surface area contributed by atoms with Crippen molar-refractivity contribution < 1.29 is 9.53 Å². The molecule has 5 heteroatoms. The van der Waals surface area contributed by atoms with Crippen molar-refractivity contribution in [3.63, 3.8) is 0 Å². The van der Waals surface area contributed by atoms with Crippen molar-refractivity contribution in [2.75, 3.05) is 6.61 Å². The Labute approximate surface area is 129 Å². The average Bonchev–Trinajstić information content (AvgIpc) is 2.97. The van der Waals surface area contributed by atoms with Gasteiger partial charge in [-0.05, 0) is 24.1 Å². The van der Waals surface area contributed by atoms with Gasteiger partial charge in [0.1, 0.15) is 12.4 Å². The van der Waals surface area contributed by atoms with Crippen LogP contribution in [-0.4, -0.2) is 22.5 Å². The molecular weight excluding hydrogens is 278 g/mol. The summed E-state index contributed by atoms with van der Waals surface area (Å²) >= 11 is 0. The van der Waals surface area contributed by atoms with Gasteiger partial charge < -0.3 is 15.5 Å². The lowest BCUT2D eigenvalue weighted by Crippen LogP contribution is -2.04. The van der Waals surface area contributed by atoms with E-state index in [0.717, 1.165) is 23.4 Å². The molecule has 0 bridgehead atoms. The zero-order valence-electron chi connectivity index (χ0n) is 12.5. The number of nitrogens with zero attached hydrogens (tertiary/aromatic N) is 1. The third-order valence-electron chi connectivity index (χ3n) is 2.93. The number of hydrogen-bond donors (Lipinski definition) is 2. The van der Waals surface area contributed by atoms with Crippen molar-refractivity contribution in [1.29, 1.82) is 0 Å². The van der Waals surface area contributed by atoms with Crippen LogP contribution in [0.2, 0.25) is 0 Å². The molecule has 0 aliphatic carbocycles. The number of allylic oxidation sites excluding steroid dienone is 1. The molecule has 2 aromatic rings. The van der Waals surface area contributed by atoms with E-state index in [4.69, 9.17) is 10.5 Å². The second-order valence-electron chi connectivity index (χ2n) is 4.83. The van der Waals surface area contributed by atoms with E-state index >= 15 is 0 Å². The minimum absolute atomic E-state index is 0.206. The SMILES string of the molecule is C/C(N)=C/C(=O)OC/C=C/c1ccccc1Cc1ncc[nH]1. The zero-order valence-corrected chi connectivity index (χ0v) is 12.5. The molecule has 3 N–H and O–H groups in total. The number of benzene rings is 1. The van der Waals surface area contributed by atoms with Crippen LogP contribution in [0.15, 0.2) is 54.5 Å². The summed E-state index contributed by atoms with van der Waals surface area (Å²) in [7, 11) is 0. The van der Waals surface area contributed by atoms with Crippen LogP contribution in [0.3, 0.4) is 0 Å². The van der Waals surface area contributed by atoms with Gasteiger partial charge in [0.15, 0.2) is 0 Å². The number of esters is 1. The summed E-state index contributed by atoms with van der Waals surface area (Å²) < 4.78 is 5.02. The quantitative estimate of drug-likeness (QED) is 0.634. The third-order valence-corrected chi connectivity index (χ3v) is 2.93. The van der Waals surface area contributed by atoms with Crippen LogP contribution in [0.4, 0.5) is 0 Å². The molecule has 0 aliphatic rings. The van der Waals surface area contributed by atoms with Gasteiger partial charge in [0.25, 0.3) is 0 Å². The number of aromatic nitrogens is 2. The van der Waals surface area contributed by atoms with E-state index in [1.807, 2.05) is 24.3 Å². The average molecular weight is 297 g/mol. The third kappa shape index (κ3) is 4.94. The van der Waals surface area contributed by atoms with Crippen molar-refractivity contribution in [2.24, 2.45) is 5.73 Å². The van der Waals surface area contributed by atoms with Gasteiger partial charge >= 0.3 is 5.97 Å².